The Morgan fingerprint density at radius 2 is 1.94 bits per heavy atom. The summed E-state index contributed by atoms with van der Waals surface area (Å²) in [5.74, 6) is 1.11. The van der Waals surface area contributed by atoms with Crippen molar-refractivity contribution in [1.82, 2.24) is 4.98 Å². The summed E-state index contributed by atoms with van der Waals surface area (Å²) in [5, 5.41) is 7.69. The Morgan fingerprint density at radius 1 is 1.12 bits per heavy atom. The largest absolute Gasteiger partial charge is 0.381 e. The number of rotatable bonds is 7. The van der Waals surface area contributed by atoms with E-state index in [9.17, 15) is 4.39 Å². The van der Waals surface area contributed by atoms with Crippen molar-refractivity contribution in [2.45, 2.75) is 58.2 Å². The van der Waals surface area contributed by atoms with Gasteiger partial charge in [-0.05, 0) is 72.6 Å². The molecule has 1 fully saturated rings. The van der Waals surface area contributed by atoms with Gasteiger partial charge in [0.05, 0.1) is 5.02 Å². The molecule has 3 unspecified atom stereocenters. The molecule has 4 nitrogen and oxygen atoms in total. The fourth-order valence-electron chi connectivity index (χ4n) is 4.71. The number of nitrogens with one attached hydrogen (secondary N) is 2. The fraction of sp³-hybridized carbons (Fsp3) is 0.370. The molecule has 6 heteroatoms. The van der Waals surface area contributed by atoms with Crippen molar-refractivity contribution < 1.29 is 4.39 Å². The molecule has 1 saturated carbocycles. The maximum Gasteiger partial charge on any atom is 0.126 e. The lowest BCUT2D eigenvalue weighted by Gasteiger charge is -2.32. The van der Waals surface area contributed by atoms with Crippen LogP contribution < -0.4 is 16.4 Å². The van der Waals surface area contributed by atoms with Crippen molar-refractivity contribution >= 4 is 23.1 Å². The second-order valence-corrected chi connectivity index (χ2v) is 9.42. The lowest BCUT2D eigenvalue weighted by atomic mass is 9.83. The number of benzene rings is 2. The van der Waals surface area contributed by atoms with Gasteiger partial charge in [0.15, 0.2) is 0 Å². The number of pyridine rings is 1. The minimum absolute atomic E-state index is 0.225. The van der Waals surface area contributed by atoms with Crippen LogP contribution in [0, 0.1) is 11.7 Å². The third-order valence-electron chi connectivity index (χ3n) is 6.63. The van der Waals surface area contributed by atoms with Crippen LogP contribution in [-0.2, 0) is 13.0 Å². The second kappa shape index (κ2) is 10.5. The van der Waals surface area contributed by atoms with Crippen LogP contribution in [0.15, 0.2) is 54.7 Å². The van der Waals surface area contributed by atoms with Crippen LogP contribution in [0.4, 0.5) is 15.9 Å². The molecule has 33 heavy (non-hydrogen) atoms. The number of hydrogen-bond donors (Lipinski definition) is 3. The normalized spacial score (nSPS) is 20.5. The lowest BCUT2D eigenvalue weighted by molar-refractivity contribution is 0.310. The Bertz CT molecular complexity index is 1100. The monoisotopic (exact) mass is 466 g/mol. The zero-order valence-electron chi connectivity index (χ0n) is 19.2. The highest BCUT2D eigenvalue weighted by atomic mass is 35.5. The number of nitrogens with zero attached hydrogens (tertiary/aromatic N) is 1. The van der Waals surface area contributed by atoms with E-state index in [1.54, 1.807) is 18.3 Å². The standard InChI is InChI=1S/C27H32ClFN4/c1-3-21-22(8-5-9-26(21)31-15-18-6-4-7-19(29)13-18)23-14-27(32-16-24(23)28)33-20-10-11-25(30)17(2)12-20/h4-9,13-14,16-17,20,25,31H,3,10-12,15,30H2,1-2H3,(H,32,33). The zero-order chi connectivity index (χ0) is 23.4. The summed E-state index contributed by atoms with van der Waals surface area (Å²) in [6.45, 7) is 4.90. The van der Waals surface area contributed by atoms with Gasteiger partial charge < -0.3 is 16.4 Å². The van der Waals surface area contributed by atoms with E-state index >= 15 is 0 Å². The van der Waals surface area contributed by atoms with E-state index in [1.807, 2.05) is 18.2 Å². The molecule has 1 aliphatic rings. The highest BCUT2D eigenvalue weighted by molar-refractivity contribution is 6.33. The van der Waals surface area contributed by atoms with E-state index in [1.165, 1.54) is 11.6 Å². The number of anilines is 2. The highest BCUT2D eigenvalue weighted by Gasteiger charge is 2.25. The smallest absolute Gasteiger partial charge is 0.126 e. The van der Waals surface area contributed by atoms with E-state index in [4.69, 9.17) is 17.3 Å². The van der Waals surface area contributed by atoms with Crippen LogP contribution >= 0.6 is 11.6 Å². The molecular formula is C27H32ClFN4. The molecule has 2 aromatic carbocycles. The van der Waals surface area contributed by atoms with Crippen LogP contribution in [-0.4, -0.2) is 17.1 Å². The molecule has 1 aliphatic carbocycles. The van der Waals surface area contributed by atoms with Crippen molar-refractivity contribution in [2.24, 2.45) is 11.7 Å². The summed E-state index contributed by atoms with van der Waals surface area (Å²) in [6.07, 6.45) is 5.67. The van der Waals surface area contributed by atoms with Gasteiger partial charge in [-0.2, -0.15) is 0 Å². The van der Waals surface area contributed by atoms with Crippen LogP contribution in [0.2, 0.25) is 5.02 Å². The summed E-state index contributed by atoms with van der Waals surface area (Å²) >= 11 is 6.62. The molecule has 1 aromatic heterocycles. The van der Waals surface area contributed by atoms with Gasteiger partial charge in [-0.1, -0.05) is 49.7 Å². The van der Waals surface area contributed by atoms with Crippen molar-refractivity contribution in [2.75, 3.05) is 10.6 Å². The molecule has 0 amide bonds. The van der Waals surface area contributed by atoms with Crippen molar-refractivity contribution in [3.05, 3.63) is 76.7 Å². The van der Waals surface area contributed by atoms with Gasteiger partial charge in [-0.25, -0.2) is 9.37 Å². The van der Waals surface area contributed by atoms with E-state index in [-0.39, 0.29) is 11.9 Å². The van der Waals surface area contributed by atoms with Gasteiger partial charge in [0.2, 0.25) is 0 Å². The first-order valence-corrected chi connectivity index (χ1v) is 12.1. The van der Waals surface area contributed by atoms with E-state index in [0.717, 1.165) is 53.9 Å². The Labute approximate surface area is 200 Å². The van der Waals surface area contributed by atoms with Gasteiger partial charge in [-0.15, -0.1) is 0 Å². The van der Waals surface area contributed by atoms with Crippen LogP contribution in [0.25, 0.3) is 11.1 Å². The fourth-order valence-corrected chi connectivity index (χ4v) is 4.92. The third kappa shape index (κ3) is 5.66. The summed E-state index contributed by atoms with van der Waals surface area (Å²) < 4.78 is 13.6. The van der Waals surface area contributed by atoms with Gasteiger partial charge in [0, 0.05) is 36.1 Å². The second-order valence-electron chi connectivity index (χ2n) is 9.01. The molecule has 4 N–H and O–H groups in total. The van der Waals surface area contributed by atoms with Crippen LogP contribution in [0.1, 0.15) is 44.2 Å². The molecule has 0 radical (unpaired) electrons. The predicted octanol–water partition coefficient (Wildman–Crippen LogP) is 6.64. The van der Waals surface area contributed by atoms with Gasteiger partial charge in [0.1, 0.15) is 11.6 Å². The summed E-state index contributed by atoms with van der Waals surface area (Å²) in [4.78, 5) is 4.54. The average molecular weight is 467 g/mol. The lowest BCUT2D eigenvalue weighted by Crippen LogP contribution is -2.39. The molecular weight excluding hydrogens is 435 g/mol. The first kappa shape index (κ1) is 23.5. The van der Waals surface area contributed by atoms with Gasteiger partial charge in [-0.3, -0.25) is 0 Å². The SMILES string of the molecule is CCc1c(NCc2cccc(F)c2)cccc1-c1cc(NC2CCC(N)C(C)C2)ncc1Cl. The van der Waals surface area contributed by atoms with Crippen molar-refractivity contribution in [3.8, 4) is 11.1 Å². The molecule has 0 bridgehead atoms. The summed E-state index contributed by atoms with van der Waals surface area (Å²) in [5.41, 5.74) is 11.3. The first-order valence-electron chi connectivity index (χ1n) is 11.7. The Morgan fingerprint density at radius 3 is 2.70 bits per heavy atom. The molecule has 3 atom stereocenters. The number of nitrogens with two attached hydrogens (primary N) is 1. The zero-order valence-corrected chi connectivity index (χ0v) is 20.0. The van der Waals surface area contributed by atoms with Crippen LogP contribution in [0.5, 0.6) is 0 Å². The Hall–Kier alpha value is -2.63. The maximum absolute atomic E-state index is 13.6. The van der Waals surface area contributed by atoms with Gasteiger partial charge in [0.25, 0.3) is 0 Å². The molecule has 1 heterocycles. The molecule has 4 rings (SSSR count). The number of halogens is 2. The van der Waals surface area contributed by atoms with E-state index in [0.29, 0.717) is 23.5 Å². The molecule has 0 aliphatic heterocycles. The summed E-state index contributed by atoms with van der Waals surface area (Å²) in [7, 11) is 0. The van der Waals surface area contributed by atoms with Gasteiger partial charge >= 0.3 is 0 Å². The molecule has 3 aromatic rings. The number of hydrogen-bond acceptors (Lipinski definition) is 4. The predicted molar refractivity (Wildman–Crippen MR) is 136 cm³/mol. The average Bonchev–Trinajstić information content (AvgIpc) is 2.81. The van der Waals surface area contributed by atoms with Crippen LogP contribution in [0.3, 0.4) is 0 Å². The molecule has 0 saturated heterocycles. The third-order valence-corrected chi connectivity index (χ3v) is 6.94. The van der Waals surface area contributed by atoms with E-state index < -0.39 is 0 Å². The topological polar surface area (TPSA) is 63.0 Å². The Kier molecular flexibility index (Phi) is 7.51. The Balaban J connectivity index is 1.57. The minimum Gasteiger partial charge on any atom is -0.381 e. The quantitative estimate of drug-likeness (QED) is 0.365. The molecule has 0 spiro atoms. The maximum atomic E-state index is 13.6. The summed E-state index contributed by atoms with van der Waals surface area (Å²) in [6, 6.07) is 15.5. The number of aromatic nitrogens is 1. The minimum atomic E-state index is -0.225. The molecule has 174 valence electrons. The highest BCUT2D eigenvalue weighted by Crippen LogP contribution is 2.36. The van der Waals surface area contributed by atoms with E-state index in [2.05, 4.69) is 41.6 Å². The van der Waals surface area contributed by atoms with Crippen molar-refractivity contribution in [3.63, 3.8) is 0 Å². The first-order chi connectivity index (χ1) is 15.9. The van der Waals surface area contributed by atoms with Crippen molar-refractivity contribution in [1.29, 1.82) is 0 Å².